The first-order valence-corrected chi connectivity index (χ1v) is 9.60. The van der Waals surface area contributed by atoms with Gasteiger partial charge in [-0.25, -0.2) is 4.68 Å². The molecule has 0 radical (unpaired) electrons. The first-order valence-electron chi connectivity index (χ1n) is 9.60. The third kappa shape index (κ3) is 2.92. The van der Waals surface area contributed by atoms with Crippen molar-refractivity contribution in [3.8, 4) is 0 Å². The zero-order valence-electron chi connectivity index (χ0n) is 16.2. The monoisotopic (exact) mass is 352 g/mol. The van der Waals surface area contributed by atoms with Crippen LogP contribution in [0, 0.1) is 0 Å². The van der Waals surface area contributed by atoms with Gasteiger partial charge in [0.2, 0.25) is 0 Å². The van der Waals surface area contributed by atoms with Crippen molar-refractivity contribution in [2.24, 2.45) is 0 Å². The van der Waals surface area contributed by atoms with Crippen LogP contribution in [-0.4, -0.2) is 36.6 Å². The van der Waals surface area contributed by atoms with Crippen molar-refractivity contribution in [1.29, 1.82) is 0 Å². The Morgan fingerprint density at radius 3 is 2.81 bits per heavy atom. The average molecular weight is 352 g/mol. The standard InChI is InChI=1S/C20H28N6/c1-5-8-18(19-22-23-24-26(19)20(2,3)4)25-12-11-15-14-9-6-7-10-16(14)21-17(15)13-25/h6-7,9-10,18,21H,5,8,11-13H2,1-4H3. The Morgan fingerprint density at radius 1 is 1.23 bits per heavy atom. The van der Waals surface area contributed by atoms with Crippen molar-refractivity contribution >= 4 is 10.9 Å². The van der Waals surface area contributed by atoms with Crippen LogP contribution in [0.1, 0.15) is 63.7 Å². The molecule has 0 saturated heterocycles. The van der Waals surface area contributed by atoms with Gasteiger partial charge in [-0.15, -0.1) is 5.10 Å². The number of H-pyrrole nitrogens is 1. The van der Waals surface area contributed by atoms with Crippen molar-refractivity contribution < 1.29 is 0 Å². The Morgan fingerprint density at radius 2 is 2.04 bits per heavy atom. The largest absolute Gasteiger partial charge is 0.357 e. The van der Waals surface area contributed by atoms with Gasteiger partial charge in [0.05, 0.1) is 11.6 Å². The second-order valence-electron chi connectivity index (χ2n) is 8.27. The summed E-state index contributed by atoms with van der Waals surface area (Å²) in [6.07, 6.45) is 3.24. The van der Waals surface area contributed by atoms with Crippen molar-refractivity contribution in [1.82, 2.24) is 30.1 Å². The molecule has 0 aliphatic carbocycles. The maximum Gasteiger partial charge on any atom is 0.168 e. The molecule has 6 nitrogen and oxygen atoms in total. The number of tetrazole rings is 1. The minimum atomic E-state index is -0.118. The summed E-state index contributed by atoms with van der Waals surface area (Å²) >= 11 is 0. The number of aromatic nitrogens is 5. The van der Waals surface area contributed by atoms with Gasteiger partial charge in [-0.2, -0.15) is 0 Å². The predicted octanol–water partition coefficient (Wildman–Crippen LogP) is 3.81. The second kappa shape index (κ2) is 6.50. The lowest BCUT2D eigenvalue weighted by molar-refractivity contribution is 0.149. The molecule has 1 aliphatic rings. The van der Waals surface area contributed by atoms with E-state index >= 15 is 0 Å². The Hall–Kier alpha value is -2.21. The smallest absolute Gasteiger partial charge is 0.168 e. The average Bonchev–Trinajstić information content (AvgIpc) is 3.23. The van der Waals surface area contributed by atoms with Gasteiger partial charge in [-0.05, 0) is 55.7 Å². The molecule has 0 bridgehead atoms. The molecule has 0 amide bonds. The fourth-order valence-corrected chi connectivity index (χ4v) is 4.11. The first-order chi connectivity index (χ1) is 12.5. The zero-order valence-corrected chi connectivity index (χ0v) is 16.2. The van der Waals surface area contributed by atoms with Crippen LogP contribution in [0.4, 0.5) is 0 Å². The molecule has 3 heterocycles. The number of nitrogens with zero attached hydrogens (tertiary/aromatic N) is 5. The van der Waals surface area contributed by atoms with Crippen LogP contribution >= 0.6 is 0 Å². The van der Waals surface area contributed by atoms with Gasteiger partial charge in [0, 0.05) is 29.7 Å². The Kier molecular flexibility index (Phi) is 4.31. The predicted molar refractivity (Wildman–Crippen MR) is 103 cm³/mol. The van der Waals surface area contributed by atoms with Gasteiger partial charge in [0.25, 0.3) is 0 Å². The number of hydrogen-bond donors (Lipinski definition) is 1. The summed E-state index contributed by atoms with van der Waals surface area (Å²) in [5.74, 6) is 0.985. The summed E-state index contributed by atoms with van der Waals surface area (Å²) in [6, 6.07) is 8.86. The molecule has 1 N–H and O–H groups in total. The van der Waals surface area contributed by atoms with Gasteiger partial charge in [-0.3, -0.25) is 4.90 Å². The SMILES string of the molecule is CCCC(c1nnnn1C(C)(C)C)N1CCc2c([nH]c3ccccc23)C1. The molecule has 4 rings (SSSR count). The number of nitrogens with one attached hydrogen (secondary N) is 1. The van der Waals surface area contributed by atoms with Crippen LogP contribution < -0.4 is 0 Å². The molecular formula is C20H28N6. The quantitative estimate of drug-likeness (QED) is 0.775. The number of para-hydroxylation sites is 1. The molecule has 2 aromatic heterocycles. The Bertz CT molecular complexity index is 901. The fraction of sp³-hybridized carbons (Fsp3) is 0.550. The lowest BCUT2D eigenvalue weighted by Crippen LogP contribution is -2.37. The molecule has 0 fully saturated rings. The summed E-state index contributed by atoms with van der Waals surface area (Å²) in [5, 5.41) is 14.1. The minimum Gasteiger partial charge on any atom is -0.357 e. The number of benzene rings is 1. The number of hydrogen-bond acceptors (Lipinski definition) is 4. The van der Waals surface area contributed by atoms with E-state index < -0.39 is 0 Å². The van der Waals surface area contributed by atoms with E-state index in [4.69, 9.17) is 0 Å². The summed E-state index contributed by atoms with van der Waals surface area (Å²) in [6.45, 7) is 10.7. The summed E-state index contributed by atoms with van der Waals surface area (Å²) in [4.78, 5) is 6.17. The highest BCUT2D eigenvalue weighted by Gasteiger charge is 2.32. The van der Waals surface area contributed by atoms with Gasteiger partial charge in [0.1, 0.15) is 0 Å². The summed E-state index contributed by atoms with van der Waals surface area (Å²) in [7, 11) is 0. The van der Waals surface area contributed by atoms with Crippen LogP contribution in [0.25, 0.3) is 10.9 Å². The molecular weight excluding hydrogens is 324 g/mol. The maximum absolute atomic E-state index is 4.43. The van der Waals surface area contributed by atoms with E-state index in [1.165, 1.54) is 22.2 Å². The maximum atomic E-state index is 4.43. The van der Waals surface area contributed by atoms with E-state index in [2.05, 4.69) is 77.4 Å². The van der Waals surface area contributed by atoms with Crippen molar-refractivity contribution in [3.05, 3.63) is 41.3 Å². The molecule has 3 aromatic rings. The molecule has 1 aromatic carbocycles. The van der Waals surface area contributed by atoms with Gasteiger partial charge < -0.3 is 4.98 Å². The lowest BCUT2D eigenvalue weighted by atomic mass is 9.99. The molecule has 26 heavy (non-hydrogen) atoms. The molecule has 138 valence electrons. The van der Waals surface area contributed by atoms with E-state index in [1.54, 1.807) is 0 Å². The van der Waals surface area contributed by atoms with E-state index in [0.717, 1.165) is 38.2 Å². The second-order valence-corrected chi connectivity index (χ2v) is 8.27. The normalized spacial score (nSPS) is 16.8. The highest BCUT2D eigenvalue weighted by atomic mass is 15.6. The zero-order chi connectivity index (χ0) is 18.3. The van der Waals surface area contributed by atoms with Crippen molar-refractivity contribution in [2.75, 3.05) is 6.54 Å². The van der Waals surface area contributed by atoms with Crippen LogP contribution in [0.3, 0.4) is 0 Å². The van der Waals surface area contributed by atoms with Crippen molar-refractivity contribution in [2.45, 2.75) is 65.1 Å². The molecule has 1 aliphatic heterocycles. The minimum absolute atomic E-state index is 0.118. The Labute approximate surface area is 154 Å². The van der Waals surface area contributed by atoms with E-state index in [1.807, 2.05) is 4.68 Å². The molecule has 0 spiro atoms. The van der Waals surface area contributed by atoms with Crippen molar-refractivity contribution in [3.63, 3.8) is 0 Å². The molecule has 1 unspecified atom stereocenters. The molecule has 6 heteroatoms. The Balaban J connectivity index is 1.68. The fourth-order valence-electron chi connectivity index (χ4n) is 4.11. The number of fused-ring (bicyclic) bond motifs is 3. The molecule has 1 atom stereocenters. The van der Waals surface area contributed by atoms with Gasteiger partial charge in [0.15, 0.2) is 5.82 Å². The topological polar surface area (TPSA) is 62.6 Å². The lowest BCUT2D eigenvalue weighted by Gasteiger charge is -2.35. The van der Waals surface area contributed by atoms with Crippen LogP contribution in [0.15, 0.2) is 24.3 Å². The highest BCUT2D eigenvalue weighted by molar-refractivity contribution is 5.84. The van der Waals surface area contributed by atoms with E-state index in [0.29, 0.717) is 0 Å². The summed E-state index contributed by atoms with van der Waals surface area (Å²) < 4.78 is 1.99. The summed E-state index contributed by atoms with van der Waals surface area (Å²) in [5.41, 5.74) is 3.94. The van der Waals surface area contributed by atoms with Crippen LogP contribution in [-0.2, 0) is 18.5 Å². The third-order valence-electron chi connectivity index (χ3n) is 5.34. The molecule has 0 saturated carbocycles. The van der Waals surface area contributed by atoms with Crippen LogP contribution in [0.2, 0.25) is 0 Å². The number of aromatic amines is 1. The van der Waals surface area contributed by atoms with Crippen LogP contribution in [0.5, 0.6) is 0 Å². The van der Waals surface area contributed by atoms with Gasteiger partial charge >= 0.3 is 0 Å². The third-order valence-corrected chi connectivity index (χ3v) is 5.34. The van der Waals surface area contributed by atoms with E-state index in [-0.39, 0.29) is 11.6 Å². The highest BCUT2D eigenvalue weighted by Crippen LogP contribution is 2.34. The van der Waals surface area contributed by atoms with Gasteiger partial charge in [-0.1, -0.05) is 31.5 Å². The first kappa shape index (κ1) is 17.2. The number of rotatable bonds is 4. The van der Waals surface area contributed by atoms with E-state index in [9.17, 15) is 0 Å².